The summed E-state index contributed by atoms with van der Waals surface area (Å²) in [6, 6.07) is 5.70. The van der Waals surface area contributed by atoms with E-state index in [0.717, 1.165) is 20.9 Å². The van der Waals surface area contributed by atoms with Gasteiger partial charge >= 0.3 is 0 Å². The van der Waals surface area contributed by atoms with Crippen LogP contribution in [0.1, 0.15) is 0 Å². The Hall–Kier alpha value is -0.930. The van der Waals surface area contributed by atoms with Crippen LogP contribution in [0.5, 0.6) is 10.8 Å². The minimum atomic E-state index is 0.702. The second-order valence-corrected chi connectivity index (χ2v) is 4.22. The van der Waals surface area contributed by atoms with Gasteiger partial charge in [0.2, 0.25) is 0 Å². The first-order valence-corrected chi connectivity index (χ1v) is 5.25. The fraction of sp³-hybridized carbons (Fsp3) is 0.200. The second-order valence-electron chi connectivity index (χ2n) is 2.80. The number of methoxy groups -OCH3 is 2. The van der Waals surface area contributed by atoms with Gasteiger partial charge in [-0.15, -0.1) is 0 Å². The molecule has 0 N–H and O–H groups in total. The third-order valence-electron chi connectivity index (χ3n) is 1.96. The van der Waals surface area contributed by atoms with E-state index < -0.39 is 0 Å². The van der Waals surface area contributed by atoms with Gasteiger partial charge in [-0.1, -0.05) is 22.9 Å². The number of thiophene rings is 1. The number of halogens is 1. The van der Waals surface area contributed by atoms with Gasteiger partial charge < -0.3 is 9.47 Å². The summed E-state index contributed by atoms with van der Waals surface area (Å²) in [5.74, 6) is 0.767. The monoisotopic (exact) mass is 228 g/mol. The molecule has 1 aromatic carbocycles. The van der Waals surface area contributed by atoms with Crippen LogP contribution >= 0.6 is 22.9 Å². The Morgan fingerprint density at radius 1 is 1.14 bits per heavy atom. The Morgan fingerprint density at radius 3 is 2.57 bits per heavy atom. The van der Waals surface area contributed by atoms with Gasteiger partial charge in [-0.05, 0) is 12.1 Å². The van der Waals surface area contributed by atoms with E-state index in [1.54, 1.807) is 20.3 Å². The van der Waals surface area contributed by atoms with E-state index in [4.69, 9.17) is 21.1 Å². The first kappa shape index (κ1) is 9.62. The van der Waals surface area contributed by atoms with Crippen LogP contribution in [-0.2, 0) is 0 Å². The molecule has 0 bridgehead atoms. The molecule has 0 unspecified atom stereocenters. The molecule has 1 aromatic heterocycles. The van der Waals surface area contributed by atoms with Gasteiger partial charge in [-0.2, -0.15) is 0 Å². The van der Waals surface area contributed by atoms with Crippen molar-refractivity contribution in [2.24, 2.45) is 0 Å². The van der Waals surface area contributed by atoms with Crippen molar-refractivity contribution in [3.8, 4) is 10.8 Å². The molecular weight excluding hydrogens is 220 g/mol. The van der Waals surface area contributed by atoms with E-state index in [9.17, 15) is 0 Å². The average molecular weight is 229 g/mol. The van der Waals surface area contributed by atoms with Crippen molar-refractivity contribution >= 4 is 33.0 Å². The van der Waals surface area contributed by atoms with E-state index in [1.165, 1.54) is 11.3 Å². The summed E-state index contributed by atoms with van der Waals surface area (Å²) in [5.41, 5.74) is 0. The van der Waals surface area contributed by atoms with Gasteiger partial charge in [0, 0.05) is 11.5 Å². The molecule has 74 valence electrons. The molecule has 0 saturated carbocycles. The van der Waals surface area contributed by atoms with E-state index >= 15 is 0 Å². The predicted octanol–water partition coefficient (Wildman–Crippen LogP) is 3.57. The topological polar surface area (TPSA) is 18.5 Å². The molecule has 0 radical (unpaired) electrons. The number of ether oxygens (including phenoxy) is 2. The fourth-order valence-electron chi connectivity index (χ4n) is 1.28. The van der Waals surface area contributed by atoms with E-state index in [1.807, 2.05) is 12.1 Å². The molecule has 0 atom stereocenters. The molecule has 0 aliphatic carbocycles. The molecule has 2 rings (SSSR count). The van der Waals surface area contributed by atoms with Crippen LogP contribution < -0.4 is 9.47 Å². The van der Waals surface area contributed by atoms with Gasteiger partial charge in [-0.3, -0.25) is 0 Å². The Labute approximate surface area is 91.0 Å². The highest BCUT2D eigenvalue weighted by atomic mass is 35.5. The Bertz CT molecular complexity index is 464. The van der Waals surface area contributed by atoms with Crippen molar-refractivity contribution in [2.45, 2.75) is 0 Å². The summed E-state index contributed by atoms with van der Waals surface area (Å²) < 4.78 is 11.3. The molecule has 0 spiro atoms. The molecule has 1 heterocycles. The van der Waals surface area contributed by atoms with Crippen molar-refractivity contribution in [3.05, 3.63) is 23.2 Å². The molecule has 2 aromatic rings. The highest BCUT2D eigenvalue weighted by molar-refractivity contribution is 7.21. The summed E-state index contributed by atoms with van der Waals surface area (Å²) >= 11 is 7.62. The Kier molecular flexibility index (Phi) is 2.52. The van der Waals surface area contributed by atoms with Gasteiger partial charge in [0.15, 0.2) is 5.06 Å². The zero-order chi connectivity index (χ0) is 10.1. The van der Waals surface area contributed by atoms with Crippen LogP contribution in [0.25, 0.3) is 10.1 Å². The molecule has 0 saturated heterocycles. The summed E-state index contributed by atoms with van der Waals surface area (Å²) in [7, 11) is 3.27. The zero-order valence-electron chi connectivity index (χ0n) is 7.83. The molecule has 0 aliphatic heterocycles. The largest absolute Gasteiger partial charge is 0.497 e. The Balaban J connectivity index is 2.67. The third-order valence-corrected chi connectivity index (χ3v) is 3.51. The van der Waals surface area contributed by atoms with Crippen LogP contribution in [0.2, 0.25) is 5.02 Å². The molecule has 14 heavy (non-hydrogen) atoms. The van der Waals surface area contributed by atoms with Gasteiger partial charge in [0.05, 0.1) is 23.9 Å². The maximum atomic E-state index is 6.09. The number of hydrogen-bond acceptors (Lipinski definition) is 3. The van der Waals surface area contributed by atoms with Crippen LogP contribution in [0, 0.1) is 0 Å². The predicted molar refractivity (Wildman–Crippen MR) is 59.9 cm³/mol. The number of rotatable bonds is 2. The van der Waals surface area contributed by atoms with E-state index in [0.29, 0.717) is 5.02 Å². The van der Waals surface area contributed by atoms with Crippen LogP contribution in [-0.4, -0.2) is 14.2 Å². The third kappa shape index (κ3) is 1.53. The van der Waals surface area contributed by atoms with Crippen molar-refractivity contribution < 1.29 is 9.47 Å². The van der Waals surface area contributed by atoms with Crippen LogP contribution in [0.4, 0.5) is 0 Å². The normalized spacial score (nSPS) is 10.5. The molecule has 0 aliphatic rings. The lowest BCUT2D eigenvalue weighted by atomic mass is 10.2. The summed E-state index contributed by atoms with van der Waals surface area (Å²) in [6.07, 6.45) is 0. The van der Waals surface area contributed by atoms with Crippen LogP contribution in [0.3, 0.4) is 0 Å². The van der Waals surface area contributed by atoms with Gasteiger partial charge in [-0.25, -0.2) is 0 Å². The molecule has 0 amide bonds. The molecular formula is C10H9ClO2S. The number of fused-ring (bicyclic) bond motifs is 1. The number of hydrogen-bond donors (Lipinski definition) is 0. The quantitative estimate of drug-likeness (QED) is 0.783. The summed E-state index contributed by atoms with van der Waals surface area (Å²) in [4.78, 5) is 0. The smallest absolute Gasteiger partial charge is 0.174 e. The molecule has 4 heteroatoms. The van der Waals surface area contributed by atoms with E-state index in [2.05, 4.69) is 0 Å². The average Bonchev–Trinajstić information content (AvgIpc) is 2.61. The Morgan fingerprint density at radius 2 is 1.93 bits per heavy atom. The standard InChI is InChI=1S/C10H9ClO2S/c1-12-7-3-6-4-9(13-2)14-10(6)8(11)5-7/h3-5H,1-2H3. The van der Waals surface area contributed by atoms with Crippen LogP contribution in [0.15, 0.2) is 18.2 Å². The summed E-state index contributed by atoms with van der Waals surface area (Å²) in [5, 5.41) is 2.61. The SMILES string of the molecule is COc1cc(Cl)c2sc(OC)cc2c1. The zero-order valence-corrected chi connectivity index (χ0v) is 9.41. The maximum absolute atomic E-state index is 6.09. The highest BCUT2D eigenvalue weighted by Crippen LogP contribution is 2.38. The van der Waals surface area contributed by atoms with Crippen molar-refractivity contribution in [1.82, 2.24) is 0 Å². The van der Waals surface area contributed by atoms with Crippen molar-refractivity contribution in [1.29, 1.82) is 0 Å². The lowest BCUT2D eigenvalue weighted by Crippen LogP contribution is -1.81. The minimum absolute atomic E-state index is 0.702. The lowest BCUT2D eigenvalue weighted by Gasteiger charge is -2.00. The van der Waals surface area contributed by atoms with Crippen molar-refractivity contribution in [3.63, 3.8) is 0 Å². The van der Waals surface area contributed by atoms with Crippen molar-refractivity contribution in [2.75, 3.05) is 14.2 Å². The van der Waals surface area contributed by atoms with E-state index in [-0.39, 0.29) is 0 Å². The number of benzene rings is 1. The van der Waals surface area contributed by atoms with Gasteiger partial charge in [0.25, 0.3) is 0 Å². The van der Waals surface area contributed by atoms with Gasteiger partial charge in [0.1, 0.15) is 5.75 Å². The first-order valence-electron chi connectivity index (χ1n) is 4.05. The summed E-state index contributed by atoms with van der Waals surface area (Å²) in [6.45, 7) is 0. The lowest BCUT2D eigenvalue weighted by molar-refractivity contribution is 0.415. The molecule has 2 nitrogen and oxygen atoms in total. The molecule has 0 fully saturated rings. The second kappa shape index (κ2) is 3.67. The minimum Gasteiger partial charge on any atom is -0.497 e. The highest BCUT2D eigenvalue weighted by Gasteiger charge is 2.07. The first-order chi connectivity index (χ1) is 6.74. The maximum Gasteiger partial charge on any atom is 0.174 e. The fourth-order valence-corrected chi connectivity index (χ4v) is 2.47.